The van der Waals surface area contributed by atoms with Crippen LogP contribution in [0.3, 0.4) is 0 Å². The van der Waals surface area contributed by atoms with Crippen LogP contribution in [0.2, 0.25) is 0 Å². The first-order chi connectivity index (χ1) is 17.2. The van der Waals surface area contributed by atoms with Gasteiger partial charge in [-0.3, -0.25) is 14.4 Å². The van der Waals surface area contributed by atoms with E-state index >= 15 is 0 Å². The molecule has 0 unspecified atom stereocenters. The van der Waals surface area contributed by atoms with Crippen LogP contribution in [0.25, 0.3) is 16.6 Å². The topological polar surface area (TPSA) is 130 Å². The Kier molecular flexibility index (Phi) is 5.48. The van der Waals surface area contributed by atoms with Gasteiger partial charge in [-0.1, -0.05) is 18.2 Å². The fourth-order valence-electron chi connectivity index (χ4n) is 4.18. The zero-order valence-electron chi connectivity index (χ0n) is 19.6. The van der Waals surface area contributed by atoms with Crippen LogP contribution in [-0.2, 0) is 4.79 Å². The summed E-state index contributed by atoms with van der Waals surface area (Å²) in [5, 5.41) is 2.78. The highest BCUT2D eigenvalue weighted by atomic mass is 16.2. The Bertz CT molecular complexity index is 1560. The zero-order valence-corrected chi connectivity index (χ0v) is 19.6. The second-order valence-corrected chi connectivity index (χ2v) is 8.57. The Morgan fingerprint density at radius 3 is 2.42 bits per heavy atom. The molecule has 180 valence electrons. The fraction of sp³-hybridized carbons (Fsp3) is 0.115. The number of carbonyl (C=O) groups is 4. The van der Waals surface area contributed by atoms with Crippen molar-refractivity contribution in [2.45, 2.75) is 6.92 Å². The van der Waals surface area contributed by atoms with E-state index in [1.165, 1.54) is 11.0 Å². The Morgan fingerprint density at radius 1 is 1.00 bits per heavy atom. The quantitative estimate of drug-likeness (QED) is 0.422. The van der Waals surface area contributed by atoms with E-state index in [1.54, 1.807) is 44.3 Å². The van der Waals surface area contributed by atoms with Gasteiger partial charge in [-0.2, -0.15) is 0 Å². The van der Waals surface area contributed by atoms with E-state index in [0.29, 0.717) is 22.6 Å². The molecule has 0 spiro atoms. The Hall–Kier alpha value is -4.99. The monoisotopic (exact) mass is 482 g/mol. The van der Waals surface area contributed by atoms with Gasteiger partial charge in [0.25, 0.3) is 11.8 Å². The summed E-state index contributed by atoms with van der Waals surface area (Å²) in [4.78, 5) is 56.0. The van der Waals surface area contributed by atoms with E-state index in [1.807, 2.05) is 35.0 Å². The first kappa shape index (κ1) is 22.8. The van der Waals surface area contributed by atoms with Gasteiger partial charge in [0.2, 0.25) is 5.91 Å². The summed E-state index contributed by atoms with van der Waals surface area (Å²) >= 11 is 0. The minimum absolute atomic E-state index is 0.0511. The lowest BCUT2D eigenvalue weighted by Gasteiger charge is -2.14. The zero-order chi connectivity index (χ0) is 25.6. The summed E-state index contributed by atoms with van der Waals surface area (Å²) in [6.07, 6.45) is 3.69. The summed E-state index contributed by atoms with van der Waals surface area (Å²) < 4.78 is 1.82. The van der Waals surface area contributed by atoms with Gasteiger partial charge in [-0.25, -0.2) is 14.7 Å². The molecule has 36 heavy (non-hydrogen) atoms. The third-order valence-electron chi connectivity index (χ3n) is 5.92. The average molecular weight is 483 g/mol. The van der Waals surface area contributed by atoms with Crippen LogP contribution < -0.4 is 16.0 Å². The molecule has 1 aliphatic heterocycles. The highest BCUT2D eigenvalue weighted by Crippen LogP contribution is 2.28. The Morgan fingerprint density at radius 2 is 1.75 bits per heavy atom. The number of benzene rings is 2. The lowest BCUT2D eigenvalue weighted by atomic mass is 10.1. The van der Waals surface area contributed by atoms with Crippen molar-refractivity contribution in [2.24, 2.45) is 5.73 Å². The molecule has 0 radical (unpaired) electrons. The molecule has 10 nitrogen and oxygen atoms in total. The molecule has 2 aromatic carbocycles. The van der Waals surface area contributed by atoms with Crippen molar-refractivity contribution in [3.8, 4) is 11.1 Å². The van der Waals surface area contributed by atoms with Gasteiger partial charge >= 0.3 is 6.03 Å². The van der Waals surface area contributed by atoms with Crippen LogP contribution in [-0.4, -0.2) is 51.6 Å². The molecule has 1 fully saturated rings. The summed E-state index contributed by atoms with van der Waals surface area (Å²) in [5.41, 5.74) is 9.67. The van der Waals surface area contributed by atoms with Crippen LogP contribution >= 0.6 is 0 Å². The molecule has 0 aliphatic carbocycles. The lowest BCUT2D eigenvalue weighted by Crippen LogP contribution is -2.31. The predicted molar refractivity (Wildman–Crippen MR) is 134 cm³/mol. The number of aryl methyl sites for hydroxylation is 1. The number of likely N-dealkylation sites (N-methyl/N-ethyl adjacent to an activating group) is 1. The van der Waals surface area contributed by atoms with Crippen LogP contribution in [0.1, 0.15) is 26.5 Å². The number of amides is 5. The van der Waals surface area contributed by atoms with Crippen molar-refractivity contribution in [2.75, 3.05) is 23.8 Å². The number of rotatable bonds is 5. The van der Waals surface area contributed by atoms with E-state index < -0.39 is 11.8 Å². The fourth-order valence-corrected chi connectivity index (χ4v) is 4.18. The molecule has 5 amide bonds. The van der Waals surface area contributed by atoms with E-state index in [0.717, 1.165) is 16.0 Å². The maximum Gasteiger partial charge on any atom is 0.331 e. The third kappa shape index (κ3) is 4.05. The first-order valence-electron chi connectivity index (χ1n) is 11.1. The second-order valence-electron chi connectivity index (χ2n) is 8.57. The summed E-state index contributed by atoms with van der Waals surface area (Å²) in [5.74, 6) is -1.29. The van der Waals surface area contributed by atoms with Crippen molar-refractivity contribution < 1.29 is 19.2 Å². The number of primary amides is 1. The SMILES string of the molecule is Cc1cn2cc(-c3ccc(N4C(=O)CN(C)C4=O)cc3)cc2c(C(=O)Nc2cccc(C(N)=O)c2)n1. The minimum atomic E-state index is -0.588. The number of anilines is 2. The number of imide groups is 1. The average Bonchev–Trinajstić information content (AvgIpc) is 3.38. The van der Waals surface area contributed by atoms with E-state index in [9.17, 15) is 19.2 Å². The molecule has 5 rings (SSSR count). The van der Waals surface area contributed by atoms with E-state index in [-0.39, 0.29) is 29.7 Å². The van der Waals surface area contributed by atoms with Gasteiger partial charge in [0.15, 0.2) is 5.69 Å². The molecule has 0 saturated carbocycles. The van der Waals surface area contributed by atoms with Gasteiger partial charge < -0.3 is 20.4 Å². The summed E-state index contributed by atoms with van der Waals surface area (Å²) in [7, 11) is 1.58. The highest BCUT2D eigenvalue weighted by Gasteiger charge is 2.34. The van der Waals surface area contributed by atoms with Gasteiger partial charge in [0.1, 0.15) is 6.54 Å². The molecule has 3 N–H and O–H groups in total. The molecule has 4 aromatic rings. The molecule has 0 bridgehead atoms. The maximum absolute atomic E-state index is 13.1. The number of carbonyl (C=O) groups excluding carboxylic acids is 4. The van der Waals surface area contributed by atoms with Gasteiger partial charge in [0, 0.05) is 36.3 Å². The number of aromatic nitrogens is 2. The van der Waals surface area contributed by atoms with Crippen molar-refractivity contribution in [3.05, 3.63) is 83.9 Å². The maximum atomic E-state index is 13.1. The van der Waals surface area contributed by atoms with E-state index in [4.69, 9.17) is 5.73 Å². The van der Waals surface area contributed by atoms with E-state index in [2.05, 4.69) is 10.3 Å². The molecule has 2 aromatic heterocycles. The standard InChI is InChI=1S/C26H22N6O4/c1-15-12-31-13-18(16-6-8-20(9-7-16)32-22(33)14-30(2)26(32)36)11-21(31)23(28-15)25(35)29-19-5-3-4-17(10-19)24(27)34/h3-13H,14H2,1-2H3,(H2,27,34)(H,29,35). The van der Waals surface area contributed by atoms with Gasteiger partial charge in [-0.05, 0) is 48.9 Å². The predicted octanol–water partition coefficient (Wildman–Crippen LogP) is 3.06. The number of fused-ring (bicyclic) bond motifs is 1. The molecule has 1 aliphatic rings. The third-order valence-corrected chi connectivity index (χ3v) is 5.92. The molecule has 10 heteroatoms. The molecule has 3 heterocycles. The number of nitrogens with one attached hydrogen (secondary N) is 1. The number of nitrogens with two attached hydrogens (primary N) is 1. The molecular formula is C26H22N6O4. The van der Waals surface area contributed by atoms with Crippen LogP contribution in [0.4, 0.5) is 16.2 Å². The first-order valence-corrected chi connectivity index (χ1v) is 11.1. The normalized spacial score (nSPS) is 13.5. The Balaban J connectivity index is 1.46. The Labute approximate surface area is 205 Å². The highest BCUT2D eigenvalue weighted by molar-refractivity contribution is 6.19. The number of nitrogens with zero attached hydrogens (tertiary/aromatic N) is 4. The van der Waals surface area contributed by atoms with Crippen molar-refractivity contribution in [1.82, 2.24) is 14.3 Å². The van der Waals surface area contributed by atoms with Crippen molar-refractivity contribution in [1.29, 1.82) is 0 Å². The summed E-state index contributed by atoms with van der Waals surface area (Å²) in [6, 6.07) is 14.9. The van der Waals surface area contributed by atoms with Gasteiger partial charge in [-0.15, -0.1) is 0 Å². The van der Waals surface area contributed by atoms with Crippen LogP contribution in [0, 0.1) is 6.92 Å². The van der Waals surface area contributed by atoms with Crippen molar-refractivity contribution >= 4 is 40.6 Å². The van der Waals surface area contributed by atoms with Crippen LogP contribution in [0.5, 0.6) is 0 Å². The lowest BCUT2D eigenvalue weighted by molar-refractivity contribution is -0.116. The number of hydrogen-bond donors (Lipinski definition) is 2. The minimum Gasteiger partial charge on any atom is -0.366 e. The number of hydrogen-bond acceptors (Lipinski definition) is 5. The molecular weight excluding hydrogens is 460 g/mol. The van der Waals surface area contributed by atoms with Crippen LogP contribution in [0.15, 0.2) is 67.0 Å². The van der Waals surface area contributed by atoms with Gasteiger partial charge in [0.05, 0.1) is 16.9 Å². The summed E-state index contributed by atoms with van der Waals surface area (Å²) in [6.45, 7) is 1.84. The largest absolute Gasteiger partial charge is 0.366 e. The number of urea groups is 1. The van der Waals surface area contributed by atoms with Crippen molar-refractivity contribution in [3.63, 3.8) is 0 Å². The molecule has 0 atom stereocenters. The second kappa shape index (κ2) is 8.66. The molecule has 1 saturated heterocycles. The smallest absolute Gasteiger partial charge is 0.331 e.